The van der Waals surface area contributed by atoms with Crippen LogP contribution >= 0.6 is 0 Å². The molecule has 1 aliphatic heterocycles. The van der Waals surface area contributed by atoms with Gasteiger partial charge in [-0.25, -0.2) is 0 Å². The topological polar surface area (TPSA) is 79.5 Å². The highest BCUT2D eigenvalue weighted by Gasteiger charge is 2.21. The second-order valence-corrected chi connectivity index (χ2v) is 5.91. The smallest absolute Gasteiger partial charge is 0.253 e. The lowest BCUT2D eigenvalue weighted by atomic mass is 10.1. The number of carbonyl (C=O) groups is 2. The Morgan fingerprint density at radius 1 is 1.16 bits per heavy atom. The quantitative estimate of drug-likeness (QED) is 0.782. The normalized spacial score (nSPS) is 16.7. The van der Waals surface area contributed by atoms with Gasteiger partial charge in [-0.05, 0) is 42.8 Å². The van der Waals surface area contributed by atoms with Crippen LogP contribution in [0.1, 0.15) is 23.2 Å². The summed E-state index contributed by atoms with van der Waals surface area (Å²) in [5, 5.41) is 9.02. The van der Waals surface area contributed by atoms with E-state index in [2.05, 4.69) is 16.0 Å². The van der Waals surface area contributed by atoms with Gasteiger partial charge in [0.1, 0.15) is 5.75 Å². The first kappa shape index (κ1) is 16.8. The Balaban J connectivity index is 1.71. The maximum absolute atomic E-state index is 12.6. The van der Waals surface area contributed by atoms with Gasteiger partial charge in [-0.15, -0.1) is 0 Å². The van der Waals surface area contributed by atoms with Crippen molar-refractivity contribution in [3.8, 4) is 5.75 Å². The Morgan fingerprint density at radius 3 is 2.60 bits per heavy atom. The summed E-state index contributed by atoms with van der Waals surface area (Å²) in [5.41, 5.74) is 2.16. The van der Waals surface area contributed by atoms with Crippen molar-refractivity contribution < 1.29 is 14.3 Å². The van der Waals surface area contributed by atoms with Gasteiger partial charge in [0, 0.05) is 24.7 Å². The van der Waals surface area contributed by atoms with E-state index in [0.717, 1.165) is 17.1 Å². The fraction of sp³-hybridized carbons (Fsp3) is 0.263. The van der Waals surface area contributed by atoms with Crippen LogP contribution in [-0.2, 0) is 4.79 Å². The van der Waals surface area contributed by atoms with Crippen molar-refractivity contribution >= 4 is 23.2 Å². The summed E-state index contributed by atoms with van der Waals surface area (Å²) < 4.78 is 5.15. The van der Waals surface area contributed by atoms with Crippen molar-refractivity contribution in [3.63, 3.8) is 0 Å². The van der Waals surface area contributed by atoms with Gasteiger partial charge in [-0.3, -0.25) is 9.59 Å². The molecule has 25 heavy (non-hydrogen) atoms. The molecule has 1 saturated heterocycles. The molecule has 1 fully saturated rings. The Kier molecular flexibility index (Phi) is 5.18. The zero-order chi connectivity index (χ0) is 17.6. The number of methoxy groups -OCH3 is 1. The minimum atomic E-state index is -0.155. The van der Waals surface area contributed by atoms with Crippen molar-refractivity contribution in [2.24, 2.45) is 0 Å². The molecule has 0 radical (unpaired) electrons. The average Bonchev–Trinajstić information content (AvgIpc) is 2.64. The summed E-state index contributed by atoms with van der Waals surface area (Å²) in [6.07, 6.45) is 1.10. The zero-order valence-electron chi connectivity index (χ0n) is 14.0. The van der Waals surface area contributed by atoms with Gasteiger partial charge in [0.15, 0.2) is 0 Å². The Labute approximate surface area is 146 Å². The summed E-state index contributed by atoms with van der Waals surface area (Å²) in [4.78, 5) is 23.8. The van der Waals surface area contributed by atoms with Gasteiger partial charge < -0.3 is 20.7 Å². The lowest BCUT2D eigenvalue weighted by Gasteiger charge is -2.24. The van der Waals surface area contributed by atoms with E-state index in [1.165, 1.54) is 0 Å². The molecule has 2 amide bonds. The van der Waals surface area contributed by atoms with Gasteiger partial charge >= 0.3 is 0 Å². The highest BCUT2D eigenvalue weighted by Crippen LogP contribution is 2.23. The van der Waals surface area contributed by atoms with E-state index >= 15 is 0 Å². The molecule has 3 rings (SSSR count). The highest BCUT2D eigenvalue weighted by molar-refractivity contribution is 6.00. The largest absolute Gasteiger partial charge is 0.497 e. The molecule has 1 atom stereocenters. The third-order valence-electron chi connectivity index (χ3n) is 4.14. The summed E-state index contributed by atoms with van der Waals surface area (Å²) in [6, 6.07) is 14.8. The molecular formula is C19H21N3O3. The molecule has 2 aromatic carbocycles. The number of benzene rings is 2. The van der Waals surface area contributed by atoms with Crippen LogP contribution in [0.4, 0.5) is 11.4 Å². The van der Waals surface area contributed by atoms with E-state index in [-0.39, 0.29) is 17.9 Å². The molecule has 0 saturated carbocycles. The Bertz CT molecular complexity index is 749. The Hall–Kier alpha value is -3.02. The van der Waals surface area contributed by atoms with Gasteiger partial charge in [0.05, 0.1) is 18.4 Å². The van der Waals surface area contributed by atoms with Crippen molar-refractivity contribution in [1.82, 2.24) is 10.6 Å². The number of nitrogens with one attached hydrogen (secondary N) is 3. The lowest BCUT2D eigenvalue weighted by Crippen LogP contribution is -2.47. The van der Waals surface area contributed by atoms with Crippen LogP contribution in [0.2, 0.25) is 0 Å². The number of para-hydroxylation sites is 1. The molecule has 0 spiro atoms. The molecule has 0 aromatic heterocycles. The molecule has 1 aliphatic rings. The average molecular weight is 339 g/mol. The third kappa shape index (κ3) is 4.29. The van der Waals surface area contributed by atoms with Crippen molar-refractivity contribution in [1.29, 1.82) is 0 Å². The first-order valence-electron chi connectivity index (χ1n) is 8.23. The van der Waals surface area contributed by atoms with Gasteiger partial charge in [-0.1, -0.05) is 12.1 Å². The predicted octanol–water partition coefficient (Wildman–Crippen LogP) is 2.45. The maximum atomic E-state index is 12.6. The molecule has 6 heteroatoms. The van der Waals surface area contributed by atoms with E-state index in [1.54, 1.807) is 13.2 Å². The maximum Gasteiger partial charge on any atom is 0.253 e. The van der Waals surface area contributed by atoms with Gasteiger partial charge in [0.25, 0.3) is 5.91 Å². The molecule has 0 aliphatic carbocycles. The molecule has 1 unspecified atom stereocenters. The van der Waals surface area contributed by atoms with Crippen LogP contribution in [0.15, 0.2) is 48.5 Å². The monoisotopic (exact) mass is 339 g/mol. The zero-order valence-corrected chi connectivity index (χ0v) is 14.0. The molecular weight excluding hydrogens is 318 g/mol. The van der Waals surface area contributed by atoms with Crippen LogP contribution in [0, 0.1) is 0 Å². The first-order valence-corrected chi connectivity index (χ1v) is 8.23. The number of amides is 2. The standard InChI is InChI=1S/C19H21N3O3/c1-25-15-9-6-13(7-10-15)21-17-5-3-2-4-16(17)19(24)22-14-8-11-18(23)20-12-14/h2-7,9-10,14,21H,8,11-12H2,1H3,(H,20,23)(H,22,24). The number of ether oxygens (including phenoxy) is 1. The number of hydrogen-bond acceptors (Lipinski definition) is 4. The van der Waals surface area contributed by atoms with E-state index in [4.69, 9.17) is 4.74 Å². The van der Waals surface area contributed by atoms with E-state index in [0.29, 0.717) is 24.9 Å². The first-order chi connectivity index (χ1) is 12.2. The fourth-order valence-electron chi connectivity index (χ4n) is 2.74. The number of rotatable bonds is 5. The predicted molar refractivity (Wildman–Crippen MR) is 96.2 cm³/mol. The minimum absolute atomic E-state index is 0.0343. The van der Waals surface area contributed by atoms with E-state index in [1.807, 2.05) is 42.5 Å². The molecule has 3 N–H and O–H groups in total. The van der Waals surface area contributed by atoms with Crippen molar-refractivity contribution in [3.05, 3.63) is 54.1 Å². The Morgan fingerprint density at radius 2 is 1.92 bits per heavy atom. The summed E-state index contributed by atoms with van der Waals surface area (Å²) in [7, 11) is 1.62. The molecule has 6 nitrogen and oxygen atoms in total. The van der Waals surface area contributed by atoms with Crippen molar-refractivity contribution in [2.45, 2.75) is 18.9 Å². The van der Waals surface area contributed by atoms with E-state index in [9.17, 15) is 9.59 Å². The van der Waals surface area contributed by atoms with Crippen LogP contribution in [0.5, 0.6) is 5.75 Å². The fourth-order valence-corrected chi connectivity index (χ4v) is 2.74. The summed E-state index contributed by atoms with van der Waals surface area (Å²) >= 11 is 0. The lowest BCUT2D eigenvalue weighted by molar-refractivity contribution is -0.122. The highest BCUT2D eigenvalue weighted by atomic mass is 16.5. The SMILES string of the molecule is COc1ccc(Nc2ccccc2C(=O)NC2CCC(=O)NC2)cc1. The van der Waals surface area contributed by atoms with Gasteiger partial charge in [0.2, 0.25) is 5.91 Å². The minimum Gasteiger partial charge on any atom is -0.497 e. The third-order valence-corrected chi connectivity index (χ3v) is 4.14. The summed E-state index contributed by atoms with van der Waals surface area (Å²) in [6.45, 7) is 0.471. The van der Waals surface area contributed by atoms with E-state index < -0.39 is 0 Å². The van der Waals surface area contributed by atoms with Crippen LogP contribution in [-0.4, -0.2) is 31.5 Å². The van der Waals surface area contributed by atoms with Crippen LogP contribution < -0.4 is 20.7 Å². The van der Waals surface area contributed by atoms with Crippen molar-refractivity contribution in [2.75, 3.05) is 19.0 Å². The van der Waals surface area contributed by atoms with Gasteiger partial charge in [-0.2, -0.15) is 0 Å². The number of piperidine rings is 1. The second-order valence-electron chi connectivity index (χ2n) is 5.91. The summed E-state index contributed by atoms with van der Waals surface area (Å²) in [5.74, 6) is 0.653. The number of hydrogen-bond donors (Lipinski definition) is 3. The molecule has 0 bridgehead atoms. The van der Waals surface area contributed by atoms with Crippen LogP contribution in [0.25, 0.3) is 0 Å². The number of anilines is 2. The molecule has 2 aromatic rings. The number of carbonyl (C=O) groups excluding carboxylic acids is 2. The molecule has 1 heterocycles. The second kappa shape index (κ2) is 7.70. The molecule has 130 valence electrons. The van der Waals surface area contributed by atoms with Crippen LogP contribution in [0.3, 0.4) is 0 Å².